The molecule has 3 aromatic carbocycles. The van der Waals surface area contributed by atoms with Gasteiger partial charge in [-0.05, 0) is 60.2 Å². The molecule has 1 aromatic heterocycles. The molecule has 0 saturated heterocycles. The normalized spacial score (nSPS) is 11.0. The van der Waals surface area contributed by atoms with Gasteiger partial charge in [0.15, 0.2) is 5.78 Å². The molecular weight excluding hydrogens is 342 g/mol. The van der Waals surface area contributed by atoms with Crippen LogP contribution in [0, 0.1) is 0 Å². The van der Waals surface area contributed by atoms with Crippen LogP contribution in [0.5, 0.6) is 17.2 Å². The number of aromatic hydroxyl groups is 3. The number of ketones is 1. The summed E-state index contributed by atoms with van der Waals surface area (Å²) in [6.45, 7) is 0.129. The zero-order chi connectivity index (χ0) is 19.0. The van der Waals surface area contributed by atoms with Crippen LogP contribution in [0.15, 0.2) is 72.9 Å². The third-order valence-electron chi connectivity index (χ3n) is 4.55. The van der Waals surface area contributed by atoms with Crippen LogP contribution < -0.4 is 0 Å². The summed E-state index contributed by atoms with van der Waals surface area (Å²) < 4.78 is 1.84. The number of Topliss-reactive ketones (excluding diaryl/α,β-unsaturated/α-hetero) is 1. The summed E-state index contributed by atoms with van der Waals surface area (Å²) in [5.41, 5.74) is 3.07. The highest BCUT2D eigenvalue weighted by molar-refractivity contribution is 6.00. The van der Waals surface area contributed by atoms with Gasteiger partial charge in [0.2, 0.25) is 0 Å². The fourth-order valence-corrected chi connectivity index (χ4v) is 3.18. The summed E-state index contributed by atoms with van der Waals surface area (Å²) in [7, 11) is 0. The SMILES string of the molecule is O=C(Cn1cc(-c2ccc(O)cc2)c2cc(O)ccc21)c1ccc(O)cc1. The summed E-state index contributed by atoms with van der Waals surface area (Å²) in [6, 6.07) is 18.0. The van der Waals surface area contributed by atoms with Crippen molar-refractivity contribution in [3.05, 3.63) is 78.5 Å². The highest BCUT2D eigenvalue weighted by atomic mass is 16.3. The van der Waals surface area contributed by atoms with Crippen molar-refractivity contribution in [2.75, 3.05) is 0 Å². The molecule has 1 heterocycles. The summed E-state index contributed by atoms with van der Waals surface area (Å²) in [5, 5.41) is 29.6. The number of hydrogen-bond acceptors (Lipinski definition) is 4. The molecule has 5 heteroatoms. The average molecular weight is 359 g/mol. The Morgan fingerprint density at radius 3 is 2.04 bits per heavy atom. The second-order valence-corrected chi connectivity index (χ2v) is 6.39. The van der Waals surface area contributed by atoms with Crippen molar-refractivity contribution >= 4 is 16.7 Å². The van der Waals surface area contributed by atoms with Crippen molar-refractivity contribution in [2.24, 2.45) is 0 Å². The zero-order valence-electron chi connectivity index (χ0n) is 14.3. The maximum atomic E-state index is 12.6. The predicted molar refractivity (Wildman–Crippen MR) is 103 cm³/mol. The standard InChI is InChI=1S/C22H17NO4/c24-16-5-1-14(2-6-16)20-12-23(21-10-9-18(26)11-19(20)21)13-22(27)15-3-7-17(25)8-4-15/h1-12,24-26H,13H2. The second kappa shape index (κ2) is 6.53. The van der Waals surface area contributed by atoms with E-state index in [0.717, 1.165) is 22.0 Å². The first-order chi connectivity index (χ1) is 13.0. The second-order valence-electron chi connectivity index (χ2n) is 6.39. The van der Waals surface area contributed by atoms with Crippen LogP contribution in [0.25, 0.3) is 22.0 Å². The van der Waals surface area contributed by atoms with E-state index in [4.69, 9.17) is 0 Å². The van der Waals surface area contributed by atoms with Crippen LogP contribution >= 0.6 is 0 Å². The minimum Gasteiger partial charge on any atom is -0.508 e. The Bertz CT molecular complexity index is 1130. The molecule has 0 saturated carbocycles. The van der Waals surface area contributed by atoms with Crippen LogP contribution in [-0.2, 0) is 6.54 Å². The zero-order valence-corrected chi connectivity index (χ0v) is 14.3. The number of aromatic nitrogens is 1. The van der Waals surface area contributed by atoms with E-state index in [0.29, 0.717) is 5.56 Å². The van der Waals surface area contributed by atoms with E-state index < -0.39 is 0 Å². The molecule has 0 unspecified atom stereocenters. The Kier molecular flexibility index (Phi) is 4.05. The molecule has 27 heavy (non-hydrogen) atoms. The molecule has 0 aliphatic heterocycles. The molecule has 4 aromatic rings. The Balaban J connectivity index is 1.78. The van der Waals surface area contributed by atoms with Gasteiger partial charge in [-0.1, -0.05) is 12.1 Å². The van der Waals surface area contributed by atoms with E-state index in [1.165, 1.54) is 12.1 Å². The van der Waals surface area contributed by atoms with Gasteiger partial charge in [0.05, 0.1) is 6.54 Å². The fourth-order valence-electron chi connectivity index (χ4n) is 3.18. The molecule has 4 rings (SSSR count). The van der Waals surface area contributed by atoms with E-state index >= 15 is 0 Å². The number of phenolic OH excluding ortho intramolecular Hbond substituents is 3. The van der Waals surface area contributed by atoms with Crippen molar-refractivity contribution in [1.82, 2.24) is 4.57 Å². The number of carbonyl (C=O) groups is 1. The highest BCUT2D eigenvalue weighted by Crippen LogP contribution is 2.33. The molecule has 0 amide bonds. The minimum atomic E-state index is -0.0859. The molecule has 0 spiro atoms. The number of fused-ring (bicyclic) bond motifs is 1. The molecule has 3 N–H and O–H groups in total. The van der Waals surface area contributed by atoms with Crippen LogP contribution in [0.3, 0.4) is 0 Å². The van der Waals surface area contributed by atoms with Gasteiger partial charge in [-0.25, -0.2) is 0 Å². The predicted octanol–water partition coefficient (Wildman–Crippen LogP) is 4.31. The van der Waals surface area contributed by atoms with Crippen molar-refractivity contribution in [3.8, 4) is 28.4 Å². The summed E-state index contributed by atoms with van der Waals surface area (Å²) in [5.74, 6) is 0.346. The summed E-state index contributed by atoms with van der Waals surface area (Å²) in [4.78, 5) is 12.6. The van der Waals surface area contributed by atoms with E-state index in [1.54, 1.807) is 54.6 Å². The molecule has 5 nitrogen and oxygen atoms in total. The topological polar surface area (TPSA) is 82.7 Å². The number of phenols is 3. The molecule has 0 aliphatic carbocycles. The molecule has 0 radical (unpaired) electrons. The summed E-state index contributed by atoms with van der Waals surface area (Å²) >= 11 is 0. The van der Waals surface area contributed by atoms with Gasteiger partial charge in [-0.3, -0.25) is 4.79 Å². The Morgan fingerprint density at radius 1 is 0.778 bits per heavy atom. The number of rotatable bonds is 4. The van der Waals surface area contributed by atoms with Crippen molar-refractivity contribution in [2.45, 2.75) is 6.54 Å². The Labute approximate surface area is 155 Å². The van der Waals surface area contributed by atoms with Gasteiger partial charge in [-0.15, -0.1) is 0 Å². The monoisotopic (exact) mass is 359 g/mol. The Hall–Kier alpha value is -3.73. The molecule has 134 valence electrons. The first kappa shape index (κ1) is 16.7. The van der Waals surface area contributed by atoms with Crippen LogP contribution in [0.1, 0.15) is 10.4 Å². The lowest BCUT2D eigenvalue weighted by atomic mass is 10.0. The number of carbonyl (C=O) groups excluding carboxylic acids is 1. The lowest BCUT2D eigenvalue weighted by Crippen LogP contribution is -2.09. The average Bonchev–Trinajstić information content (AvgIpc) is 3.00. The third kappa shape index (κ3) is 3.22. The fraction of sp³-hybridized carbons (Fsp3) is 0.0455. The molecule has 0 fully saturated rings. The number of benzene rings is 3. The maximum Gasteiger partial charge on any atom is 0.182 e. The molecule has 0 atom stereocenters. The van der Waals surface area contributed by atoms with Gasteiger partial charge < -0.3 is 19.9 Å². The van der Waals surface area contributed by atoms with Crippen LogP contribution in [-0.4, -0.2) is 25.7 Å². The van der Waals surface area contributed by atoms with Crippen LogP contribution in [0.2, 0.25) is 0 Å². The minimum absolute atomic E-state index is 0.0859. The number of hydrogen-bond donors (Lipinski definition) is 3. The first-order valence-corrected chi connectivity index (χ1v) is 8.45. The van der Waals surface area contributed by atoms with E-state index in [2.05, 4.69) is 0 Å². The first-order valence-electron chi connectivity index (χ1n) is 8.45. The van der Waals surface area contributed by atoms with Crippen molar-refractivity contribution < 1.29 is 20.1 Å². The van der Waals surface area contributed by atoms with E-state index in [-0.39, 0.29) is 29.6 Å². The van der Waals surface area contributed by atoms with Gasteiger partial charge in [0, 0.05) is 28.2 Å². The van der Waals surface area contributed by atoms with E-state index in [9.17, 15) is 20.1 Å². The summed E-state index contributed by atoms with van der Waals surface area (Å²) in [6.07, 6.45) is 1.87. The molecular formula is C22H17NO4. The van der Waals surface area contributed by atoms with Crippen molar-refractivity contribution in [1.29, 1.82) is 0 Å². The van der Waals surface area contributed by atoms with E-state index in [1.807, 2.05) is 10.8 Å². The van der Waals surface area contributed by atoms with Gasteiger partial charge in [0.1, 0.15) is 17.2 Å². The largest absolute Gasteiger partial charge is 0.508 e. The maximum absolute atomic E-state index is 12.6. The molecule has 0 bridgehead atoms. The lowest BCUT2D eigenvalue weighted by Gasteiger charge is -2.05. The smallest absolute Gasteiger partial charge is 0.182 e. The third-order valence-corrected chi connectivity index (χ3v) is 4.55. The molecule has 0 aliphatic rings. The number of nitrogens with zero attached hydrogens (tertiary/aromatic N) is 1. The van der Waals surface area contributed by atoms with Gasteiger partial charge in [-0.2, -0.15) is 0 Å². The van der Waals surface area contributed by atoms with Crippen molar-refractivity contribution in [3.63, 3.8) is 0 Å². The quantitative estimate of drug-likeness (QED) is 0.474. The lowest BCUT2D eigenvalue weighted by molar-refractivity contribution is 0.0973. The van der Waals surface area contributed by atoms with Crippen LogP contribution in [0.4, 0.5) is 0 Å². The highest BCUT2D eigenvalue weighted by Gasteiger charge is 2.14. The Morgan fingerprint density at radius 2 is 1.37 bits per heavy atom. The van der Waals surface area contributed by atoms with Gasteiger partial charge >= 0.3 is 0 Å². The van der Waals surface area contributed by atoms with Gasteiger partial charge in [0.25, 0.3) is 0 Å².